The third kappa shape index (κ3) is 2.36. The SMILES string of the molecule is CCC1(C)C(=O)NC(=O)N1Cc1cc(F)ccc1Br. The molecule has 6 heteroatoms. The molecule has 0 saturated carbocycles. The Bertz CT molecular complexity index is 549. The Balaban J connectivity index is 2.34. The molecule has 1 N–H and O–H groups in total. The van der Waals surface area contributed by atoms with E-state index in [9.17, 15) is 14.0 Å². The van der Waals surface area contributed by atoms with Crippen molar-refractivity contribution >= 4 is 27.9 Å². The van der Waals surface area contributed by atoms with Crippen LogP contribution >= 0.6 is 15.9 Å². The summed E-state index contributed by atoms with van der Waals surface area (Å²) in [5.41, 5.74) is -0.257. The van der Waals surface area contributed by atoms with Crippen molar-refractivity contribution in [2.24, 2.45) is 0 Å². The summed E-state index contributed by atoms with van der Waals surface area (Å²) < 4.78 is 14.0. The summed E-state index contributed by atoms with van der Waals surface area (Å²) in [4.78, 5) is 25.1. The van der Waals surface area contributed by atoms with Gasteiger partial charge in [-0.15, -0.1) is 0 Å². The fraction of sp³-hybridized carbons (Fsp3) is 0.385. The van der Waals surface area contributed by atoms with Crippen molar-refractivity contribution in [3.05, 3.63) is 34.1 Å². The second-order valence-corrected chi connectivity index (χ2v) is 5.56. The molecule has 0 spiro atoms. The normalized spacial score (nSPS) is 22.8. The van der Waals surface area contributed by atoms with Crippen LogP contribution in [0.2, 0.25) is 0 Å². The number of rotatable bonds is 3. The van der Waals surface area contributed by atoms with Crippen molar-refractivity contribution in [3.8, 4) is 0 Å². The predicted octanol–water partition coefficient (Wildman–Crippen LogP) is 2.81. The van der Waals surface area contributed by atoms with Gasteiger partial charge in [-0.25, -0.2) is 9.18 Å². The smallest absolute Gasteiger partial charge is 0.306 e. The number of carbonyl (C=O) groups excluding carboxylic acids is 2. The highest BCUT2D eigenvalue weighted by molar-refractivity contribution is 9.10. The third-order valence-electron chi connectivity index (χ3n) is 3.58. The van der Waals surface area contributed by atoms with Gasteiger partial charge in [-0.3, -0.25) is 10.1 Å². The summed E-state index contributed by atoms with van der Waals surface area (Å²) in [6.45, 7) is 3.73. The number of imide groups is 1. The molecule has 19 heavy (non-hydrogen) atoms. The summed E-state index contributed by atoms with van der Waals surface area (Å²) in [5.74, 6) is -0.685. The second-order valence-electron chi connectivity index (χ2n) is 4.71. The number of nitrogens with zero attached hydrogens (tertiary/aromatic N) is 1. The van der Waals surface area contributed by atoms with Crippen molar-refractivity contribution in [1.29, 1.82) is 0 Å². The highest BCUT2D eigenvalue weighted by atomic mass is 79.9. The van der Waals surface area contributed by atoms with Crippen LogP contribution in [0.5, 0.6) is 0 Å². The first-order valence-electron chi connectivity index (χ1n) is 5.95. The van der Waals surface area contributed by atoms with Gasteiger partial charge in [0.05, 0.1) is 0 Å². The van der Waals surface area contributed by atoms with Crippen LogP contribution in [0, 0.1) is 5.82 Å². The van der Waals surface area contributed by atoms with Crippen molar-refractivity contribution in [1.82, 2.24) is 10.2 Å². The van der Waals surface area contributed by atoms with E-state index in [2.05, 4.69) is 21.2 Å². The maximum atomic E-state index is 13.3. The van der Waals surface area contributed by atoms with E-state index < -0.39 is 11.6 Å². The van der Waals surface area contributed by atoms with Gasteiger partial charge in [0.2, 0.25) is 0 Å². The van der Waals surface area contributed by atoms with Gasteiger partial charge < -0.3 is 4.90 Å². The molecule has 102 valence electrons. The Kier molecular flexibility index (Phi) is 3.62. The van der Waals surface area contributed by atoms with Crippen LogP contribution in [0.15, 0.2) is 22.7 Å². The van der Waals surface area contributed by atoms with E-state index in [4.69, 9.17) is 0 Å². The zero-order valence-electron chi connectivity index (χ0n) is 10.7. The van der Waals surface area contributed by atoms with Crippen LogP contribution in [-0.4, -0.2) is 22.4 Å². The van der Waals surface area contributed by atoms with Gasteiger partial charge in [-0.05, 0) is 37.1 Å². The van der Waals surface area contributed by atoms with E-state index in [0.29, 0.717) is 16.5 Å². The quantitative estimate of drug-likeness (QED) is 0.867. The van der Waals surface area contributed by atoms with Crippen LogP contribution in [-0.2, 0) is 11.3 Å². The highest BCUT2D eigenvalue weighted by Gasteiger charge is 2.47. The van der Waals surface area contributed by atoms with Crippen LogP contribution in [0.1, 0.15) is 25.8 Å². The van der Waals surface area contributed by atoms with Gasteiger partial charge in [-0.1, -0.05) is 22.9 Å². The van der Waals surface area contributed by atoms with Crippen molar-refractivity contribution in [3.63, 3.8) is 0 Å². The molecule has 1 heterocycles. The maximum Gasteiger partial charge on any atom is 0.325 e. The van der Waals surface area contributed by atoms with Crippen LogP contribution in [0.25, 0.3) is 0 Å². The number of halogens is 2. The molecule has 1 aromatic rings. The lowest BCUT2D eigenvalue weighted by Gasteiger charge is -2.31. The Morgan fingerprint density at radius 1 is 1.42 bits per heavy atom. The Labute approximate surface area is 119 Å². The van der Waals surface area contributed by atoms with E-state index in [1.165, 1.54) is 17.0 Å². The number of nitrogens with one attached hydrogen (secondary N) is 1. The second kappa shape index (κ2) is 4.92. The first-order chi connectivity index (χ1) is 8.88. The molecule has 1 saturated heterocycles. The van der Waals surface area contributed by atoms with Gasteiger partial charge in [0.25, 0.3) is 5.91 Å². The monoisotopic (exact) mass is 328 g/mol. The lowest BCUT2D eigenvalue weighted by molar-refractivity contribution is -0.126. The van der Waals surface area contributed by atoms with Crippen molar-refractivity contribution in [2.75, 3.05) is 0 Å². The molecule has 1 aliphatic rings. The molecular weight excluding hydrogens is 315 g/mol. The molecule has 1 unspecified atom stereocenters. The molecule has 1 aliphatic heterocycles. The summed E-state index contributed by atoms with van der Waals surface area (Å²) in [5, 5.41) is 2.30. The minimum atomic E-state index is -0.886. The lowest BCUT2D eigenvalue weighted by atomic mass is 9.97. The first kappa shape index (κ1) is 14.0. The number of urea groups is 1. The standard InChI is InChI=1S/C13H14BrFN2O2/c1-3-13(2)11(18)16-12(19)17(13)7-8-6-9(15)4-5-10(8)14/h4-6H,3,7H2,1-2H3,(H,16,18,19). The maximum absolute atomic E-state index is 13.3. The van der Waals surface area contributed by atoms with Crippen LogP contribution in [0.3, 0.4) is 0 Å². The molecule has 0 aromatic heterocycles. The molecule has 1 atom stereocenters. The molecule has 1 aromatic carbocycles. The zero-order chi connectivity index (χ0) is 14.2. The van der Waals surface area contributed by atoms with Crippen LogP contribution in [0.4, 0.5) is 9.18 Å². The summed E-state index contributed by atoms with van der Waals surface area (Å²) in [7, 11) is 0. The number of benzene rings is 1. The number of hydrogen-bond donors (Lipinski definition) is 1. The average Bonchev–Trinajstić information content (AvgIpc) is 2.58. The molecule has 2 rings (SSSR count). The van der Waals surface area contributed by atoms with Gasteiger partial charge in [0.1, 0.15) is 11.4 Å². The number of hydrogen-bond acceptors (Lipinski definition) is 2. The minimum Gasteiger partial charge on any atom is -0.306 e. The molecule has 0 bridgehead atoms. The fourth-order valence-electron chi connectivity index (χ4n) is 2.08. The molecule has 3 amide bonds. The van der Waals surface area contributed by atoms with Crippen LogP contribution < -0.4 is 5.32 Å². The number of carbonyl (C=O) groups is 2. The fourth-order valence-corrected chi connectivity index (χ4v) is 2.45. The minimum absolute atomic E-state index is 0.181. The number of amides is 3. The molecule has 4 nitrogen and oxygen atoms in total. The molecule has 0 radical (unpaired) electrons. The average molecular weight is 329 g/mol. The zero-order valence-corrected chi connectivity index (χ0v) is 12.3. The van der Waals surface area contributed by atoms with Gasteiger partial charge in [0.15, 0.2) is 0 Å². The van der Waals surface area contributed by atoms with E-state index >= 15 is 0 Å². The summed E-state index contributed by atoms with van der Waals surface area (Å²) in [6.07, 6.45) is 0.498. The lowest BCUT2D eigenvalue weighted by Crippen LogP contribution is -2.46. The topological polar surface area (TPSA) is 49.4 Å². The molecule has 0 aliphatic carbocycles. The summed E-state index contributed by atoms with van der Waals surface area (Å²) >= 11 is 3.32. The van der Waals surface area contributed by atoms with E-state index in [0.717, 1.165) is 0 Å². The van der Waals surface area contributed by atoms with E-state index in [1.54, 1.807) is 13.0 Å². The van der Waals surface area contributed by atoms with Gasteiger partial charge >= 0.3 is 6.03 Å². The van der Waals surface area contributed by atoms with Crippen molar-refractivity contribution in [2.45, 2.75) is 32.4 Å². The Morgan fingerprint density at radius 2 is 2.11 bits per heavy atom. The Hall–Kier alpha value is -1.43. The van der Waals surface area contributed by atoms with Gasteiger partial charge in [-0.2, -0.15) is 0 Å². The first-order valence-corrected chi connectivity index (χ1v) is 6.74. The van der Waals surface area contributed by atoms with E-state index in [-0.39, 0.29) is 18.3 Å². The third-order valence-corrected chi connectivity index (χ3v) is 4.35. The van der Waals surface area contributed by atoms with E-state index in [1.807, 2.05) is 6.92 Å². The largest absolute Gasteiger partial charge is 0.325 e. The molecular formula is C13H14BrFN2O2. The highest BCUT2D eigenvalue weighted by Crippen LogP contribution is 2.29. The Morgan fingerprint density at radius 3 is 2.74 bits per heavy atom. The predicted molar refractivity (Wildman–Crippen MR) is 71.9 cm³/mol. The molecule has 1 fully saturated rings. The van der Waals surface area contributed by atoms with Gasteiger partial charge in [0, 0.05) is 11.0 Å². The summed E-state index contributed by atoms with van der Waals surface area (Å²) in [6, 6.07) is 3.84. The van der Waals surface area contributed by atoms with Crippen molar-refractivity contribution < 1.29 is 14.0 Å².